The molecule has 1 saturated heterocycles. The maximum Gasteiger partial charge on any atom is 0.270 e. The highest BCUT2D eigenvalue weighted by molar-refractivity contribution is 7.17. The van der Waals surface area contributed by atoms with E-state index in [0.29, 0.717) is 36.5 Å². The van der Waals surface area contributed by atoms with Crippen LogP contribution < -0.4 is 10.6 Å². The zero-order chi connectivity index (χ0) is 20.4. The first-order valence-corrected chi connectivity index (χ1v) is 10.4. The monoisotopic (exact) mass is 414 g/mol. The zero-order valence-corrected chi connectivity index (χ0v) is 17.0. The third-order valence-electron chi connectivity index (χ3n) is 5.14. The van der Waals surface area contributed by atoms with Crippen molar-refractivity contribution < 1.29 is 9.18 Å². The van der Waals surface area contributed by atoms with Crippen molar-refractivity contribution in [2.45, 2.75) is 25.4 Å². The number of nitrogens with zero attached hydrogens (tertiary/aromatic N) is 5. The molecule has 4 heterocycles. The summed E-state index contributed by atoms with van der Waals surface area (Å²) >= 11 is 1.36. The maximum absolute atomic E-state index is 13.7. The normalized spacial score (nSPS) is 20.4. The molecule has 2 aliphatic heterocycles. The fraction of sp³-hybridized carbons (Fsp3) is 0.400. The van der Waals surface area contributed by atoms with Crippen LogP contribution in [-0.2, 0) is 6.42 Å². The number of aliphatic imine (C=N–C) groups is 1. The number of allylic oxidation sites excluding steroid dienone is 1. The molecular weight excluding hydrogens is 391 g/mol. The van der Waals surface area contributed by atoms with Crippen molar-refractivity contribution >= 4 is 29.3 Å². The molecular formula is C20H23FN6OS. The fourth-order valence-corrected chi connectivity index (χ4v) is 4.72. The average molecular weight is 415 g/mol. The molecule has 0 bridgehead atoms. The lowest BCUT2D eigenvalue weighted by atomic mass is 10.1. The van der Waals surface area contributed by atoms with E-state index in [-0.39, 0.29) is 5.91 Å². The number of piperidine rings is 1. The molecule has 0 aliphatic carbocycles. The van der Waals surface area contributed by atoms with Gasteiger partial charge in [0.25, 0.3) is 5.91 Å². The molecule has 0 radical (unpaired) electrons. The topological polar surface area (TPSA) is 87.7 Å². The summed E-state index contributed by atoms with van der Waals surface area (Å²) < 4.78 is 13.7. The van der Waals surface area contributed by atoms with Gasteiger partial charge in [-0.1, -0.05) is 0 Å². The Labute approximate surface area is 172 Å². The van der Waals surface area contributed by atoms with Gasteiger partial charge in [-0.15, -0.1) is 11.3 Å². The van der Waals surface area contributed by atoms with Crippen LogP contribution in [0.15, 0.2) is 35.2 Å². The van der Waals surface area contributed by atoms with E-state index < -0.39 is 6.17 Å². The highest BCUT2D eigenvalue weighted by Gasteiger charge is 2.30. The van der Waals surface area contributed by atoms with E-state index in [1.54, 1.807) is 24.4 Å². The Morgan fingerprint density at radius 2 is 2.28 bits per heavy atom. The van der Waals surface area contributed by atoms with Gasteiger partial charge in [0.15, 0.2) is 0 Å². The number of hydrogen-bond donors (Lipinski definition) is 1. The number of anilines is 1. The number of alkyl halides is 1. The van der Waals surface area contributed by atoms with Gasteiger partial charge in [0, 0.05) is 50.7 Å². The van der Waals surface area contributed by atoms with Crippen LogP contribution in [0.25, 0.3) is 10.6 Å². The van der Waals surface area contributed by atoms with Gasteiger partial charge in [-0.05, 0) is 25.0 Å². The molecule has 0 aromatic carbocycles. The van der Waals surface area contributed by atoms with Crippen molar-refractivity contribution in [3.8, 4) is 10.6 Å². The predicted octanol–water partition coefficient (Wildman–Crippen LogP) is 2.64. The van der Waals surface area contributed by atoms with Gasteiger partial charge in [0.05, 0.1) is 17.9 Å². The number of aromatic nitrogens is 2. The summed E-state index contributed by atoms with van der Waals surface area (Å²) in [4.78, 5) is 30.3. The molecule has 1 unspecified atom stereocenters. The van der Waals surface area contributed by atoms with Gasteiger partial charge in [-0.25, -0.2) is 14.4 Å². The molecule has 2 aromatic heterocycles. The molecule has 0 spiro atoms. The van der Waals surface area contributed by atoms with E-state index in [2.05, 4.69) is 15.0 Å². The number of carbonyl (C=O) groups is 1. The molecule has 152 valence electrons. The Morgan fingerprint density at radius 3 is 2.97 bits per heavy atom. The van der Waals surface area contributed by atoms with Crippen LogP contribution in [0.5, 0.6) is 0 Å². The second-order valence-electron chi connectivity index (χ2n) is 7.07. The standard InChI is InChI=1S/C20H23FN6OS/c1-23-11-15(9-22)27-8-6-16-18(20(27)28)29-19(25-16)13-4-5-17(24-10-13)26-7-2-3-14(21)12-26/h4-5,9-11,14H,2-3,6-8,12,22H2,1H3. The number of rotatable bonds is 4. The summed E-state index contributed by atoms with van der Waals surface area (Å²) in [6.45, 7) is 1.72. The predicted molar refractivity (Wildman–Crippen MR) is 113 cm³/mol. The molecule has 1 fully saturated rings. The molecule has 1 amide bonds. The smallest absolute Gasteiger partial charge is 0.270 e. The molecule has 1 atom stereocenters. The number of carbonyl (C=O) groups excluding carboxylic acids is 1. The van der Waals surface area contributed by atoms with Gasteiger partial charge in [0.2, 0.25) is 0 Å². The van der Waals surface area contributed by atoms with Gasteiger partial charge < -0.3 is 15.5 Å². The molecule has 7 nitrogen and oxygen atoms in total. The van der Waals surface area contributed by atoms with Gasteiger partial charge in [0.1, 0.15) is 21.9 Å². The van der Waals surface area contributed by atoms with E-state index in [4.69, 9.17) is 5.73 Å². The zero-order valence-electron chi connectivity index (χ0n) is 16.2. The number of amides is 1. The van der Waals surface area contributed by atoms with Crippen molar-refractivity contribution in [2.24, 2.45) is 10.7 Å². The summed E-state index contributed by atoms with van der Waals surface area (Å²) in [5, 5.41) is 0.758. The Morgan fingerprint density at radius 1 is 1.41 bits per heavy atom. The number of hydrogen-bond acceptors (Lipinski definition) is 7. The summed E-state index contributed by atoms with van der Waals surface area (Å²) in [5.41, 5.74) is 7.89. The summed E-state index contributed by atoms with van der Waals surface area (Å²) in [7, 11) is 1.64. The second-order valence-corrected chi connectivity index (χ2v) is 8.07. The molecule has 9 heteroatoms. The number of thiazole rings is 1. The largest absolute Gasteiger partial charge is 0.403 e. The first-order chi connectivity index (χ1) is 14.1. The van der Waals surface area contributed by atoms with Crippen molar-refractivity contribution in [1.29, 1.82) is 0 Å². The minimum atomic E-state index is -0.796. The number of halogens is 1. The number of pyridine rings is 1. The molecule has 2 N–H and O–H groups in total. The quantitative estimate of drug-likeness (QED) is 0.777. The Bertz CT molecular complexity index is 954. The van der Waals surface area contributed by atoms with E-state index in [1.165, 1.54) is 17.5 Å². The van der Waals surface area contributed by atoms with Gasteiger partial charge >= 0.3 is 0 Å². The van der Waals surface area contributed by atoms with E-state index in [1.807, 2.05) is 17.0 Å². The van der Waals surface area contributed by atoms with E-state index >= 15 is 0 Å². The van der Waals surface area contributed by atoms with E-state index in [9.17, 15) is 9.18 Å². The van der Waals surface area contributed by atoms with Crippen LogP contribution in [0.2, 0.25) is 0 Å². The highest BCUT2D eigenvalue weighted by Crippen LogP contribution is 2.33. The summed E-state index contributed by atoms with van der Waals surface area (Å²) in [5.74, 6) is 0.662. The number of fused-ring (bicyclic) bond motifs is 1. The van der Waals surface area contributed by atoms with Crippen LogP contribution >= 0.6 is 11.3 Å². The first kappa shape index (κ1) is 19.5. The van der Waals surface area contributed by atoms with Crippen LogP contribution in [-0.4, -0.2) is 59.8 Å². The van der Waals surface area contributed by atoms with Crippen LogP contribution in [0.1, 0.15) is 28.2 Å². The van der Waals surface area contributed by atoms with Crippen molar-refractivity contribution in [3.05, 3.63) is 40.8 Å². The first-order valence-electron chi connectivity index (χ1n) is 9.61. The summed E-state index contributed by atoms with van der Waals surface area (Å²) in [6, 6.07) is 3.83. The Hall–Kier alpha value is -2.81. The van der Waals surface area contributed by atoms with Gasteiger partial charge in [-0.2, -0.15) is 0 Å². The van der Waals surface area contributed by atoms with Crippen LogP contribution in [0.4, 0.5) is 10.2 Å². The highest BCUT2D eigenvalue weighted by atomic mass is 32.1. The van der Waals surface area contributed by atoms with Gasteiger partial charge in [-0.3, -0.25) is 9.79 Å². The van der Waals surface area contributed by atoms with Crippen LogP contribution in [0, 0.1) is 0 Å². The average Bonchev–Trinajstić information content (AvgIpc) is 3.18. The molecule has 4 rings (SSSR count). The fourth-order valence-electron chi connectivity index (χ4n) is 3.67. The summed E-state index contributed by atoms with van der Waals surface area (Å²) in [6.07, 6.45) is 6.04. The third kappa shape index (κ3) is 3.87. The van der Waals surface area contributed by atoms with E-state index in [0.717, 1.165) is 35.0 Å². The lowest BCUT2D eigenvalue weighted by molar-refractivity contribution is 0.0805. The lowest BCUT2D eigenvalue weighted by Crippen LogP contribution is -2.37. The van der Waals surface area contributed by atoms with Crippen molar-refractivity contribution in [1.82, 2.24) is 14.9 Å². The Kier molecular flexibility index (Phi) is 5.57. The molecule has 2 aliphatic rings. The molecule has 0 saturated carbocycles. The SMILES string of the molecule is CN=CC(=CN)N1CCc2nc(-c3ccc(N4CCCC(F)C4)nc3)sc2C1=O. The Balaban J connectivity index is 1.55. The maximum atomic E-state index is 13.7. The lowest BCUT2D eigenvalue weighted by Gasteiger charge is -2.29. The molecule has 2 aromatic rings. The van der Waals surface area contributed by atoms with Crippen molar-refractivity contribution in [2.75, 3.05) is 31.6 Å². The number of nitrogens with two attached hydrogens (primary N) is 1. The van der Waals surface area contributed by atoms with Crippen LogP contribution in [0.3, 0.4) is 0 Å². The minimum Gasteiger partial charge on any atom is -0.403 e. The third-order valence-corrected chi connectivity index (χ3v) is 6.27. The van der Waals surface area contributed by atoms with Crippen molar-refractivity contribution in [3.63, 3.8) is 0 Å². The minimum absolute atomic E-state index is 0.113. The molecule has 29 heavy (non-hydrogen) atoms. The second kappa shape index (κ2) is 8.28.